The monoisotopic (exact) mass is 182 g/mol. The minimum atomic E-state index is -1.89. The van der Waals surface area contributed by atoms with Crippen molar-refractivity contribution in [2.75, 3.05) is 0 Å². The van der Waals surface area contributed by atoms with E-state index < -0.39 is 23.3 Å². The van der Waals surface area contributed by atoms with Gasteiger partial charge in [-0.2, -0.15) is 0 Å². The summed E-state index contributed by atoms with van der Waals surface area (Å²) in [4.78, 5) is 21.7. The molecule has 0 aliphatic heterocycles. The van der Waals surface area contributed by atoms with Gasteiger partial charge in [-0.1, -0.05) is 18.2 Å². The van der Waals surface area contributed by atoms with E-state index in [-0.39, 0.29) is 0 Å². The van der Waals surface area contributed by atoms with Crippen LogP contribution in [0.1, 0.15) is 6.92 Å². The van der Waals surface area contributed by atoms with Crippen molar-refractivity contribution in [1.29, 1.82) is 0 Å². The van der Waals surface area contributed by atoms with E-state index in [9.17, 15) is 14.7 Å². The largest absolute Gasteiger partial charge is 0.481 e. The molecule has 13 heavy (non-hydrogen) atoms. The summed E-state index contributed by atoms with van der Waals surface area (Å²) in [7, 11) is 0. The van der Waals surface area contributed by atoms with Crippen LogP contribution in [0.15, 0.2) is 24.3 Å². The Kier molecular flexibility index (Phi) is 2.34. The van der Waals surface area contributed by atoms with Crippen molar-refractivity contribution < 1.29 is 19.8 Å². The number of rotatable bonds is 2. The van der Waals surface area contributed by atoms with Gasteiger partial charge in [0.05, 0.1) is 0 Å². The lowest BCUT2D eigenvalue weighted by molar-refractivity contribution is -0.152. The smallest absolute Gasteiger partial charge is 0.314 e. The first-order chi connectivity index (χ1) is 5.98. The van der Waals surface area contributed by atoms with Crippen LogP contribution < -0.4 is 0 Å². The first-order valence-corrected chi connectivity index (χ1v) is 3.80. The lowest BCUT2D eigenvalue weighted by Gasteiger charge is -2.27. The van der Waals surface area contributed by atoms with E-state index in [4.69, 9.17) is 5.11 Å². The van der Waals surface area contributed by atoms with Gasteiger partial charge in [-0.15, -0.1) is 0 Å². The third kappa shape index (κ3) is 1.53. The number of carboxylic acids is 1. The van der Waals surface area contributed by atoms with Crippen LogP contribution in [0.3, 0.4) is 0 Å². The van der Waals surface area contributed by atoms with Gasteiger partial charge in [0, 0.05) is 0 Å². The van der Waals surface area contributed by atoms with Gasteiger partial charge < -0.3 is 10.2 Å². The topological polar surface area (TPSA) is 74.6 Å². The van der Waals surface area contributed by atoms with Gasteiger partial charge in [0.1, 0.15) is 5.92 Å². The zero-order valence-electron chi connectivity index (χ0n) is 7.10. The molecule has 0 amide bonds. The normalized spacial score (nSPS) is 31.7. The number of carbonyl (C=O) groups excluding carboxylic acids is 1. The second kappa shape index (κ2) is 3.14. The number of carboxylic acid groups (broad SMARTS) is 1. The van der Waals surface area contributed by atoms with Crippen LogP contribution in [-0.4, -0.2) is 27.6 Å². The molecule has 0 fully saturated rings. The molecule has 0 aromatic heterocycles. The third-order valence-corrected chi connectivity index (χ3v) is 2.07. The van der Waals surface area contributed by atoms with Gasteiger partial charge >= 0.3 is 5.97 Å². The van der Waals surface area contributed by atoms with Crippen molar-refractivity contribution in [3.63, 3.8) is 0 Å². The first kappa shape index (κ1) is 9.67. The van der Waals surface area contributed by atoms with Gasteiger partial charge in [0.15, 0.2) is 11.4 Å². The van der Waals surface area contributed by atoms with Crippen molar-refractivity contribution in [2.45, 2.75) is 12.5 Å². The highest BCUT2D eigenvalue weighted by Crippen LogP contribution is 2.25. The van der Waals surface area contributed by atoms with Crippen LogP contribution in [0, 0.1) is 5.92 Å². The summed E-state index contributed by atoms with van der Waals surface area (Å²) < 4.78 is 0. The fraction of sp³-hybridized carbons (Fsp3) is 0.333. The molecule has 0 saturated heterocycles. The molecule has 0 bridgehead atoms. The zero-order valence-corrected chi connectivity index (χ0v) is 7.10. The maximum absolute atomic E-state index is 11.0. The number of hydrogen-bond acceptors (Lipinski definition) is 3. The van der Waals surface area contributed by atoms with E-state index in [1.165, 1.54) is 31.2 Å². The third-order valence-electron chi connectivity index (χ3n) is 2.07. The lowest BCUT2D eigenvalue weighted by atomic mass is 9.81. The number of aliphatic carboxylic acids is 1. The Morgan fingerprint density at radius 2 is 2.00 bits per heavy atom. The van der Waals surface area contributed by atoms with E-state index in [1.54, 1.807) is 0 Å². The van der Waals surface area contributed by atoms with E-state index in [0.717, 1.165) is 0 Å². The van der Waals surface area contributed by atoms with Crippen molar-refractivity contribution >= 4 is 11.8 Å². The van der Waals surface area contributed by atoms with Crippen LogP contribution in [0.4, 0.5) is 0 Å². The van der Waals surface area contributed by atoms with Crippen LogP contribution in [-0.2, 0) is 9.59 Å². The number of hydrogen-bond donors (Lipinski definition) is 2. The molecular weight excluding hydrogens is 172 g/mol. The first-order valence-electron chi connectivity index (χ1n) is 3.80. The molecule has 0 aromatic carbocycles. The van der Waals surface area contributed by atoms with Crippen LogP contribution in [0.2, 0.25) is 0 Å². The molecule has 4 heteroatoms. The highest BCUT2D eigenvalue weighted by molar-refractivity contribution is 5.93. The van der Waals surface area contributed by atoms with Gasteiger partial charge in [0.2, 0.25) is 0 Å². The van der Waals surface area contributed by atoms with Crippen molar-refractivity contribution in [3.8, 4) is 0 Å². The minimum absolute atomic E-state index is 0.569. The summed E-state index contributed by atoms with van der Waals surface area (Å²) >= 11 is 0. The fourth-order valence-electron chi connectivity index (χ4n) is 1.23. The molecule has 4 nitrogen and oxygen atoms in total. The summed E-state index contributed by atoms with van der Waals surface area (Å²) in [5.41, 5.74) is -1.89. The zero-order chi connectivity index (χ0) is 10.1. The van der Waals surface area contributed by atoms with Gasteiger partial charge in [-0.05, 0) is 13.0 Å². The Labute approximate surface area is 75.2 Å². The van der Waals surface area contributed by atoms with Gasteiger partial charge in [-0.3, -0.25) is 9.59 Å². The Hall–Kier alpha value is -1.42. The quantitative estimate of drug-likeness (QED) is 0.636. The average Bonchev–Trinajstić information content (AvgIpc) is 2.04. The summed E-state index contributed by atoms with van der Waals surface area (Å²) in [5.74, 6) is -2.96. The molecule has 0 heterocycles. The summed E-state index contributed by atoms with van der Waals surface area (Å²) in [6.45, 7) is 1.17. The minimum Gasteiger partial charge on any atom is -0.481 e. The average molecular weight is 182 g/mol. The Morgan fingerprint density at radius 3 is 2.38 bits per heavy atom. The Balaban J connectivity index is 3.07. The molecule has 1 rings (SSSR count). The van der Waals surface area contributed by atoms with E-state index in [1.807, 2.05) is 0 Å². The summed E-state index contributed by atoms with van der Waals surface area (Å²) in [5, 5.41) is 18.4. The predicted octanol–water partition coefficient (Wildman–Crippen LogP) is 0.133. The maximum atomic E-state index is 11.0. The fourth-order valence-corrected chi connectivity index (χ4v) is 1.23. The molecule has 0 spiro atoms. The number of allylic oxidation sites excluding steroid dienone is 2. The van der Waals surface area contributed by atoms with Gasteiger partial charge in [-0.25, -0.2) is 0 Å². The SMILES string of the molecule is CC(=O)C1(O)C=CC=CC1C(=O)O. The van der Waals surface area contributed by atoms with E-state index in [0.29, 0.717) is 0 Å². The van der Waals surface area contributed by atoms with Gasteiger partial charge in [0.25, 0.3) is 0 Å². The maximum Gasteiger partial charge on any atom is 0.314 e. The highest BCUT2D eigenvalue weighted by atomic mass is 16.4. The van der Waals surface area contributed by atoms with E-state index in [2.05, 4.69) is 0 Å². The summed E-state index contributed by atoms with van der Waals surface area (Å²) in [6.07, 6.45) is 5.45. The number of aliphatic hydroxyl groups is 1. The molecule has 0 saturated carbocycles. The van der Waals surface area contributed by atoms with Crippen molar-refractivity contribution in [3.05, 3.63) is 24.3 Å². The number of carbonyl (C=O) groups is 2. The van der Waals surface area contributed by atoms with Crippen molar-refractivity contribution in [1.82, 2.24) is 0 Å². The highest BCUT2D eigenvalue weighted by Gasteiger charge is 2.43. The number of ketones is 1. The predicted molar refractivity (Wildman–Crippen MR) is 45.0 cm³/mol. The van der Waals surface area contributed by atoms with Crippen LogP contribution >= 0.6 is 0 Å². The Morgan fingerprint density at radius 1 is 1.38 bits per heavy atom. The molecule has 1 aliphatic carbocycles. The van der Waals surface area contributed by atoms with E-state index >= 15 is 0 Å². The summed E-state index contributed by atoms with van der Waals surface area (Å²) in [6, 6.07) is 0. The van der Waals surface area contributed by atoms with Crippen LogP contribution in [0.25, 0.3) is 0 Å². The molecule has 0 aromatic rings. The molecule has 2 unspecified atom stereocenters. The standard InChI is InChI=1S/C9H10O4/c1-6(10)9(13)5-3-2-4-7(9)8(11)12/h2-5,7,13H,1H3,(H,11,12). The number of Topliss-reactive ketones (excluding diaryl/α,β-unsaturated/α-hetero) is 1. The lowest BCUT2D eigenvalue weighted by Crippen LogP contribution is -2.46. The molecular formula is C9H10O4. The molecule has 0 radical (unpaired) electrons. The Bertz CT molecular complexity index is 303. The van der Waals surface area contributed by atoms with Crippen molar-refractivity contribution in [2.24, 2.45) is 5.92 Å². The second-order valence-electron chi connectivity index (χ2n) is 2.94. The van der Waals surface area contributed by atoms with Crippen LogP contribution in [0.5, 0.6) is 0 Å². The molecule has 70 valence electrons. The molecule has 2 N–H and O–H groups in total. The molecule has 2 atom stereocenters. The second-order valence-corrected chi connectivity index (χ2v) is 2.94. The molecule has 1 aliphatic rings.